The van der Waals surface area contributed by atoms with Crippen molar-refractivity contribution in [2.24, 2.45) is 5.41 Å². The summed E-state index contributed by atoms with van der Waals surface area (Å²) in [6.45, 7) is 6.53. The van der Waals surface area contributed by atoms with Gasteiger partial charge in [0, 0.05) is 41.6 Å². The Morgan fingerprint density at radius 1 is 1.03 bits per heavy atom. The molecule has 0 spiro atoms. The molecule has 4 aromatic rings. The minimum absolute atomic E-state index is 0.0887. The van der Waals surface area contributed by atoms with Gasteiger partial charge in [0.25, 0.3) is 0 Å². The van der Waals surface area contributed by atoms with Crippen LogP contribution >= 0.6 is 0 Å². The van der Waals surface area contributed by atoms with Crippen molar-refractivity contribution >= 4 is 28.2 Å². The van der Waals surface area contributed by atoms with Gasteiger partial charge in [-0.3, -0.25) is 4.98 Å². The van der Waals surface area contributed by atoms with Gasteiger partial charge in [0.2, 0.25) is 0 Å². The summed E-state index contributed by atoms with van der Waals surface area (Å²) in [4.78, 5) is 19.0. The Hall–Kier alpha value is -3.65. The summed E-state index contributed by atoms with van der Waals surface area (Å²) in [5, 5.41) is 11.7. The van der Waals surface area contributed by atoms with Crippen LogP contribution in [-0.2, 0) is 0 Å². The molecule has 1 saturated carbocycles. The molecule has 2 aliphatic rings. The number of piperidine rings is 1. The molecule has 1 aliphatic carbocycles. The quantitative estimate of drug-likeness (QED) is 0.327. The molecule has 184 valence electrons. The second-order valence-corrected chi connectivity index (χ2v) is 10.5. The maximum Gasteiger partial charge on any atom is 0.162 e. The van der Waals surface area contributed by atoms with Crippen molar-refractivity contribution in [2.75, 3.05) is 23.7 Å². The second-order valence-electron chi connectivity index (χ2n) is 10.5. The molecule has 1 saturated heterocycles. The number of fused-ring (bicyclic) bond motifs is 1. The zero-order valence-corrected chi connectivity index (χ0v) is 20.6. The van der Waals surface area contributed by atoms with Crippen LogP contribution in [0.25, 0.3) is 22.3 Å². The zero-order valence-electron chi connectivity index (χ0n) is 20.6. The fraction of sp³-hybridized carbons (Fsp3) is 0.357. The molecule has 0 bridgehead atoms. The van der Waals surface area contributed by atoms with Gasteiger partial charge in [-0.2, -0.15) is 0 Å². The lowest BCUT2D eigenvalue weighted by molar-refractivity contribution is 0.236. The number of hydrogen-bond donors (Lipinski definition) is 3. The fourth-order valence-corrected chi connectivity index (χ4v) is 4.97. The number of nitrogens with one attached hydrogen (secondary N) is 3. The molecule has 6 rings (SSSR count). The number of rotatable bonds is 6. The first-order valence-corrected chi connectivity index (χ1v) is 12.6. The fourth-order valence-electron chi connectivity index (χ4n) is 4.97. The predicted molar refractivity (Wildman–Crippen MR) is 141 cm³/mol. The number of benzene rings is 1. The average molecular weight is 484 g/mol. The lowest BCUT2D eigenvalue weighted by atomic mass is 9.80. The molecular formula is C28H30FN7. The van der Waals surface area contributed by atoms with E-state index in [1.165, 1.54) is 30.5 Å². The summed E-state index contributed by atoms with van der Waals surface area (Å²) in [6.07, 6.45) is 8.95. The lowest BCUT2D eigenvalue weighted by Gasteiger charge is -2.40. The van der Waals surface area contributed by atoms with Crippen LogP contribution in [-0.4, -0.2) is 39.1 Å². The van der Waals surface area contributed by atoms with E-state index in [4.69, 9.17) is 9.97 Å². The molecule has 1 aliphatic heterocycles. The van der Waals surface area contributed by atoms with E-state index in [9.17, 15) is 4.39 Å². The van der Waals surface area contributed by atoms with Gasteiger partial charge in [0.1, 0.15) is 17.5 Å². The van der Waals surface area contributed by atoms with Crippen LogP contribution in [0.4, 0.5) is 21.7 Å². The van der Waals surface area contributed by atoms with E-state index in [1.54, 1.807) is 18.3 Å². The molecule has 36 heavy (non-hydrogen) atoms. The highest BCUT2D eigenvalue weighted by Gasteiger charge is 2.34. The number of nitrogens with zero attached hydrogens (tertiary/aromatic N) is 4. The number of pyridine rings is 2. The summed E-state index contributed by atoms with van der Waals surface area (Å²) in [7, 11) is 0. The van der Waals surface area contributed by atoms with E-state index in [2.05, 4.69) is 39.8 Å². The van der Waals surface area contributed by atoms with Crippen LogP contribution in [0.2, 0.25) is 0 Å². The van der Waals surface area contributed by atoms with Crippen molar-refractivity contribution in [1.82, 2.24) is 25.3 Å². The highest BCUT2D eigenvalue weighted by Crippen LogP contribution is 2.44. The molecule has 1 atom stereocenters. The normalized spacial score (nSPS) is 19.2. The maximum absolute atomic E-state index is 13.3. The minimum atomic E-state index is -0.275. The van der Waals surface area contributed by atoms with E-state index in [1.807, 2.05) is 24.5 Å². The standard InChI is InChI=1S/C28H30FN7/c1-28(2)16-30-11-10-23(28)35-27-25-21(17-3-4-17)14-31-15-22(25)34-26(36-27)18-9-12-32-24(13-18)33-20-7-5-19(29)6-8-20/h5-9,12-15,17,23,30H,3-4,10-11,16H2,1-2H3,(H,32,33)(H,34,35,36). The Labute approximate surface area is 210 Å². The van der Waals surface area contributed by atoms with Gasteiger partial charge >= 0.3 is 0 Å². The Morgan fingerprint density at radius 3 is 2.64 bits per heavy atom. The monoisotopic (exact) mass is 483 g/mol. The highest BCUT2D eigenvalue weighted by atomic mass is 19.1. The largest absolute Gasteiger partial charge is 0.366 e. The summed E-state index contributed by atoms with van der Waals surface area (Å²) in [5.74, 6) is 2.40. The molecule has 2 fully saturated rings. The van der Waals surface area contributed by atoms with Crippen LogP contribution < -0.4 is 16.0 Å². The Kier molecular flexibility index (Phi) is 5.76. The van der Waals surface area contributed by atoms with E-state index in [0.717, 1.165) is 47.5 Å². The summed E-state index contributed by atoms with van der Waals surface area (Å²) in [5.41, 5.74) is 3.78. The predicted octanol–water partition coefficient (Wildman–Crippen LogP) is 5.65. The Bertz CT molecular complexity index is 1400. The van der Waals surface area contributed by atoms with E-state index in [-0.39, 0.29) is 17.3 Å². The molecule has 4 heterocycles. The van der Waals surface area contributed by atoms with Crippen molar-refractivity contribution in [2.45, 2.75) is 45.1 Å². The lowest BCUT2D eigenvalue weighted by Crippen LogP contribution is -2.49. The average Bonchev–Trinajstić information content (AvgIpc) is 3.72. The zero-order chi connectivity index (χ0) is 24.7. The van der Waals surface area contributed by atoms with Crippen LogP contribution in [0.5, 0.6) is 0 Å². The first-order chi connectivity index (χ1) is 17.5. The number of halogens is 1. The van der Waals surface area contributed by atoms with Gasteiger partial charge in [0.05, 0.1) is 11.7 Å². The SMILES string of the molecule is CC1(C)CNCCC1Nc1nc(-c2ccnc(Nc3ccc(F)cc3)c2)nc2cncc(C3CC3)c12. The third-order valence-electron chi connectivity index (χ3n) is 7.23. The Morgan fingerprint density at radius 2 is 1.86 bits per heavy atom. The van der Waals surface area contributed by atoms with Crippen molar-refractivity contribution in [1.29, 1.82) is 0 Å². The third-order valence-corrected chi connectivity index (χ3v) is 7.23. The molecule has 0 radical (unpaired) electrons. The minimum Gasteiger partial charge on any atom is -0.366 e. The first-order valence-electron chi connectivity index (χ1n) is 12.6. The second kappa shape index (κ2) is 9.09. The topological polar surface area (TPSA) is 87.7 Å². The van der Waals surface area contributed by atoms with Crippen LogP contribution in [0, 0.1) is 11.2 Å². The molecular weight excluding hydrogens is 453 g/mol. The molecule has 3 N–H and O–H groups in total. The summed E-state index contributed by atoms with van der Waals surface area (Å²) < 4.78 is 13.3. The van der Waals surface area contributed by atoms with Crippen LogP contribution in [0.15, 0.2) is 55.0 Å². The van der Waals surface area contributed by atoms with Crippen molar-refractivity contribution in [3.63, 3.8) is 0 Å². The van der Waals surface area contributed by atoms with Gasteiger partial charge in [-0.15, -0.1) is 0 Å². The van der Waals surface area contributed by atoms with E-state index in [0.29, 0.717) is 17.6 Å². The molecule has 3 aromatic heterocycles. The maximum atomic E-state index is 13.3. The van der Waals surface area contributed by atoms with Crippen molar-refractivity contribution in [3.8, 4) is 11.4 Å². The highest BCUT2D eigenvalue weighted by molar-refractivity contribution is 5.93. The molecule has 8 heteroatoms. The van der Waals surface area contributed by atoms with Crippen LogP contribution in [0.1, 0.15) is 44.6 Å². The number of anilines is 3. The molecule has 0 amide bonds. The molecule has 7 nitrogen and oxygen atoms in total. The molecule has 1 unspecified atom stereocenters. The number of aromatic nitrogens is 4. The number of hydrogen-bond acceptors (Lipinski definition) is 7. The van der Waals surface area contributed by atoms with Gasteiger partial charge in [-0.25, -0.2) is 19.3 Å². The van der Waals surface area contributed by atoms with Crippen molar-refractivity contribution < 1.29 is 4.39 Å². The van der Waals surface area contributed by atoms with E-state index >= 15 is 0 Å². The Balaban J connectivity index is 1.41. The summed E-state index contributed by atoms with van der Waals surface area (Å²) in [6, 6.07) is 10.3. The summed E-state index contributed by atoms with van der Waals surface area (Å²) >= 11 is 0. The van der Waals surface area contributed by atoms with Gasteiger partial charge in [-0.05, 0) is 79.1 Å². The van der Waals surface area contributed by atoms with Gasteiger partial charge in [-0.1, -0.05) is 13.8 Å². The smallest absolute Gasteiger partial charge is 0.162 e. The van der Waals surface area contributed by atoms with Gasteiger partial charge < -0.3 is 16.0 Å². The first kappa shape index (κ1) is 22.8. The van der Waals surface area contributed by atoms with Gasteiger partial charge in [0.15, 0.2) is 5.82 Å². The van der Waals surface area contributed by atoms with Crippen LogP contribution in [0.3, 0.4) is 0 Å². The third kappa shape index (κ3) is 4.60. The molecule has 1 aromatic carbocycles. The van der Waals surface area contributed by atoms with E-state index < -0.39 is 0 Å². The van der Waals surface area contributed by atoms with Crippen molar-refractivity contribution in [3.05, 3.63) is 66.4 Å².